The molecule has 1 unspecified atom stereocenters. The summed E-state index contributed by atoms with van der Waals surface area (Å²) in [5.74, 6) is 0. The largest absolute Gasteiger partial charge is 0.404 e. The molecule has 1 atom stereocenters. The minimum absolute atomic E-state index is 0.0118. The maximum atomic E-state index is 6.61. The molecule has 0 rings (SSSR count). The zero-order valence-corrected chi connectivity index (χ0v) is 16.5. The van der Waals surface area contributed by atoms with Crippen molar-refractivity contribution in [3.8, 4) is 0 Å². The standard InChI is InChI=1S/C11H30ClNOSi3/c1-11(15(2,3)4,16(5,6)7)14-17(8,12)10-9-13/h9-10,13H2,1-8H3. The van der Waals surface area contributed by atoms with Crippen LogP contribution in [0.15, 0.2) is 0 Å². The fourth-order valence-corrected chi connectivity index (χ4v) is 17.6. The monoisotopic (exact) mass is 311 g/mol. The third-order valence-corrected chi connectivity index (χ3v) is 17.5. The summed E-state index contributed by atoms with van der Waals surface area (Å²) >= 11 is 6.61. The van der Waals surface area contributed by atoms with Crippen molar-refractivity contribution >= 4 is 34.9 Å². The average molecular weight is 312 g/mol. The lowest BCUT2D eigenvalue weighted by molar-refractivity contribution is 0.233. The molecule has 104 valence electrons. The van der Waals surface area contributed by atoms with Crippen LogP contribution in [0.2, 0.25) is 51.9 Å². The Morgan fingerprint density at radius 1 is 1.00 bits per heavy atom. The van der Waals surface area contributed by atoms with Crippen LogP contribution in [0, 0.1) is 0 Å². The fraction of sp³-hybridized carbons (Fsp3) is 1.00. The van der Waals surface area contributed by atoms with Crippen molar-refractivity contribution in [2.45, 2.75) is 63.6 Å². The second-order valence-corrected chi connectivity index (χ2v) is 24.0. The molecule has 0 aromatic heterocycles. The summed E-state index contributed by atoms with van der Waals surface area (Å²) < 4.78 is 6.54. The Balaban J connectivity index is 5.26. The van der Waals surface area contributed by atoms with E-state index in [1.54, 1.807) is 0 Å². The van der Waals surface area contributed by atoms with E-state index in [1.807, 2.05) is 0 Å². The molecular formula is C11H30ClNOSi3. The van der Waals surface area contributed by atoms with E-state index < -0.39 is 23.8 Å². The molecule has 0 aliphatic carbocycles. The van der Waals surface area contributed by atoms with Crippen molar-refractivity contribution in [1.82, 2.24) is 0 Å². The molecule has 2 N–H and O–H groups in total. The highest BCUT2D eigenvalue weighted by Crippen LogP contribution is 2.38. The molecule has 17 heavy (non-hydrogen) atoms. The van der Waals surface area contributed by atoms with Crippen LogP contribution in [0.4, 0.5) is 0 Å². The number of nitrogens with two attached hydrogens (primary N) is 1. The van der Waals surface area contributed by atoms with Crippen LogP contribution in [0.1, 0.15) is 6.92 Å². The Kier molecular flexibility index (Phi) is 5.74. The lowest BCUT2D eigenvalue weighted by Gasteiger charge is -2.52. The van der Waals surface area contributed by atoms with Gasteiger partial charge in [0.15, 0.2) is 0 Å². The number of halogens is 1. The molecule has 0 fully saturated rings. The van der Waals surface area contributed by atoms with Crippen LogP contribution in [-0.4, -0.2) is 35.2 Å². The Hall–Kier alpha value is 0.861. The van der Waals surface area contributed by atoms with Crippen molar-refractivity contribution in [2.24, 2.45) is 5.73 Å². The Morgan fingerprint density at radius 3 is 1.59 bits per heavy atom. The summed E-state index contributed by atoms with van der Waals surface area (Å²) in [5, 5.41) is 0. The van der Waals surface area contributed by atoms with Crippen molar-refractivity contribution in [3.63, 3.8) is 0 Å². The minimum Gasteiger partial charge on any atom is -0.404 e. The van der Waals surface area contributed by atoms with Gasteiger partial charge < -0.3 is 10.2 Å². The summed E-state index contributed by atoms with van der Waals surface area (Å²) in [6.45, 7) is 19.3. The number of rotatable bonds is 6. The summed E-state index contributed by atoms with van der Waals surface area (Å²) in [6.07, 6.45) is 0. The third kappa shape index (κ3) is 4.47. The molecular weight excluding hydrogens is 282 g/mol. The molecule has 0 aliphatic rings. The lowest BCUT2D eigenvalue weighted by Crippen LogP contribution is -2.68. The van der Waals surface area contributed by atoms with Gasteiger partial charge in [-0.15, -0.1) is 11.1 Å². The molecule has 6 heteroatoms. The van der Waals surface area contributed by atoms with Crippen LogP contribution in [0.25, 0.3) is 0 Å². The topological polar surface area (TPSA) is 35.2 Å². The molecule has 0 aliphatic heterocycles. The van der Waals surface area contributed by atoms with Gasteiger partial charge in [-0.25, -0.2) is 0 Å². The van der Waals surface area contributed by atoms with Gasteiger partial charge in [0.1, 0.15) is 0 Å². The molecule has 0 bridgehead atoms. The van der Waals surface area contributed by atoms with Gasteiger partial charge in [0.2, 0.25) is 0 Å². The Bertz CT molecular complexity index is 244. The zero-order valence-electron chi connectivity index (χ0n) is 12.8. The second kappa shape index (κ2) is 5.46. The lowest BCUT2D eigenvalue weighted by atomic mass is 10.8. The van der Waals surface area contributed by atoms with E-state index in [2.05, 4.69) is 52.8 Å². The summed E-state index contributed by atoms with van der Waals surface area (Å²) in [7, 11) is -5.01. The second-order valence-electron chi connectivity index (χ2n) is 7.28. The minimum atomic E-state index is -2.14. The molecule has 2 nitrogen and oxygen atoms in total. The molecule has 0 radical (unpaired) electrons. The molecule has 0 amide bonds. The van der Waals surface area contributed by atoms with Crippen molar-refractivity contribution in [2.75, 3.05) is 6.54 Å². The van der Waals surface area contributed by atoms with E-state index in [4.69, 9.17) is 21.2 Å². The molecule has 0 saturated carbocycles. The smallest absolute Gasteiger partial charge is 0.288 e. The van der Waals surface area contributed by atoms with Gasteiger partial charge in [-0.2, -0.15) is 0 Å². The van der Waals surface area contributed by atoms with Crippen LogP contribution < -0.4 is 5.73 Å². The summed E-state index contributed by atoms with van der Waals surface area (Å²) in [5.41, 5.74) is 5.64. The highest BCUT2D eigenvalue weighted by atomic mass is 35.6. The predicted octanol–water partition coefficient (Wildman–Crippen LogP) is 3.79. The van der Waals surface area contributed by atoms with E-state index >= 15 is 0 Å². The first-order valence-electron chi connectivity index (χ1n) is 6.36. The van der Waals surface area contributed by atoms with E-state index in [0.29, 0.717) is 6.54 Å². The summed E-state index contributed by atoms with van der Waals surface area (Å²) in [4.78, 5) is 0.0118. The van der Waals surface area contributed by atoms with Crippen LogP contribution in [-0.2, 0) is 4.43 Å². The zero-order chi connectivity index (χ0) is 14.1. The highest BCUT2D eigenvalue weighted by Gasteiger charge is 2.53. The van der Waals surface area contributed by atoms with Gasteiger partial charge >= 0.3 is 0 Å². The predicted molar refractivity (Wildman–Crippen MR) is 87.5 cm³/mol. The average Bonchev–Trinajstić information content (AvgIpc) is 1.97. The van der Waals surface area contributed by atoms with E-state index in [0.717, 1.165) is 6.04 Å². The van der Waals surface area contributed by atoms with Crippen molar-refractivity contribution in [1.29, 1.82) is 0 Å². The maximum Gasteiger partial charge on any atom is 0.288 e. The SMILES string of the molecule is CC(O[Si](C)(Cl)CCN)([Si](C)(C)C)[Si](C)(C)C. The molecule has 0 spiro atoms. The highest BCUT2D eigenvalue weighted by molar-refractivity contribution is 7.17. The van der Waals surface area contributed by atoms with Gasteiger partial charge in [-0.05, 0) is 26.1 Å². The first kappa shape index (κ1) is 17.9. The Morgan fingerprint density at radius 2 is 1.35 bits per heavy atom. The van der Waals surface area contributed by atoms with Crippen molar-refractivity contribution in [3.05, 3.63) is 0 Å². The Labute approximate surface area is 115 Å². The molecule has 0 heterocycles. The van der Waals surface area contributed by atoms with Crippen molar-refractivity contribution < 1.29 is 4.43 Å². The van der Waals surface area contributed by atoms with Crippen LogP contribution in [0.3, 0.4) is 0 Å². The van der Waals surface area contributed by atoms with Gasteiger partial charge in [-0.3, -0.25) is 0 Å². The summed E-state index contributed by atoms with van der Waals surface area (Å²) in [6, 6.07) is 0.832. The molecule has 0 aromatic rings. The molecule has 0 saturated heterocycles. The molecule has 0 aromatic carbocycles. The van der Waals surface area contributed by atoms with Gasteiger partial charge in [0.25, 0.3) is 7.63 Å². The third-order valence-electron chi connectivity index (χ3n) is 3.87. The maximum absolute atomic E-state index is 6.61. The van der Waals surface area contributed by atoms with Crippen LogP contribution in [0.5, 0.6) is 0 Å². The van der Waals surface area contributed by atoms with Gasteiger partial charge in [-0.1, -0.05) is 39.3 Å². The van der Waals surface area contributed by atoms with Gasteiger partial charge in [0.05, 0.1) is 16.1 Å². The first-order chi connectivity index (χ1) is 7.27. The quantitative estimate of drug-likeness (QED) is 0.598. The fourth-order valence-electron chi connectivity index (χ4n) is 2.17. The number of hydrogen-bond acceptors (Lipinski definition) is 2. The normalized spacial score (nSPS) is 18.0. The van der Waals surface area contributed by atoms with E-state index in [9.17, 15) is 0 Å². The van der Waals surface area contributed by atoms with E-state index in [-0.39, 0.29) is 4.85 Å². The van der Waals surface area contributed by atoms with Crippen LogP contribution >= 0.6 is 11.1 Å². The number of hydrogen-bond donors (Lipinski definition) is 1. The first-order valence-corrected chi connectivity index (χ1v) is 17.0. The van der Waals surface area contributed by atoms with Gasteiger partial charge in [0, 0.05) is 4.85 Å². The van der Waals surface area contributed by atoms with E-state index in [1.165, 1.54) is 0 Å².